The Balaban J connectivity index is 3.08. The number of aromatic carboxylic acids is 1. The van der Waals surface area contributed by atoms with Gasteiger partial charge in [0.2, 0.25) is 0 Å². The maximum atomic E-state index is 10.8. The van der Waals surface area contributed by atoms with Gasteiger partial charge < -0.3 is 9.52 Å². The number of carbonyl (C=O) groups is 1. The minimum absolute atomic E-state index is 0.108. The van der Waals surface area contributed by atoms with E-state index in [9.17, 15) is 4.79 Å². The zero-order valence-corrected chi connectivity index (χ0v) is 13.9. The molecule has 1 heterocycles. The van der Waals surface area contributed by atoms with E-state index in [0.717, 1.165) is 0 Å². The first-order valence-electron chi connectivity index (χ1n) is 5.97. The van der Waals surface area contributed by atoms with Gasteiger partial charge in [-0.3, -0.25) is 9.80 Å². The molecule has 0 aliphatic rings. The minimum Gasteiger partial charge on any atom is -0.478 e. The summed E-state index contributed by atoms with van der Waals surface area (Å²) >= 11 is 0. The van der Waals surface area contributed by atoms with Crippen molar-refractivity contribution >= 4 is 30.0 Å². The van der Waals surface area contributed by atoms with Gasteiger partial charge in [0.05, 0.1) is 5.56 Å². The van der Waals surface area contributed by atoms with Crippen molar-refractivity contribution in [1.82, 2.24) is 0 Å². The Morgan fingerprint density at radius 2 is 2.11 bits per heavy atom. The molecule has 108 valence electrons. The summed E-state index contributed by atoms with van der Waals surface area (Å²) in [4.78, 5) is 10.8. The molecule has 0 atom stereocenters. The summed E-state index contributed by atoms with van der Waals surface area (Å²) in [6, 6.07) is 1.45. The summed E-state index contributed by atoms with van der Waals surface area (Å²) in [6.45, 7) is 10.8. The number of hydrogen-bond acceptors (Lipinski definition) is 4. The van der Waals surface area contributed by atoms with E-state index < -0.39 is 24.9 Å². The van der Waals surface area contributed by atoms with E-state index in [1.807, 2.05) is 0 Å². The average Bonchev–Trinajstić information content (AvgIpc) is 2.73. The average molecular weight is 302 g/mol. The number of carboxylic acid groups (broad SMARTS) is 1. The molecule has 0 radical (unpaired) electrons. The summed E-state index contributed by atoms with van der Waals surface area (Å²) in [7, 11) is -3.50. The molecule has 0 aromatic carbocycles. The Bertz CT molecular complexity index is 552. The van der Waals surface area contributed by atoms with Gasteiger partial charge in [-0.15, -0.1) is 10.7 Å². The molecule has 0 amide bonds. The highest BCUT2D eigenvalue weighted by Gasteiger charge is 2.35. The van der Waals surface area contributed by atoms with Crippen LogP contribution in [0.15, 0.2) is 26.5 Å². The van der Waals surface area contributed by atoms with Crippen LogP contribution in [0.2, 0.25) is 18.1 Å². The van der Waals surface area contributed by atoms with Crippen LogP contribution in [-0.4, -0.2) is 24.5 Å². The molecule has 1 aromatic rings. The predicted molar refractivity (Wildman–Crippen MR) is 83.1 cm³/mol. The Morgan fingerprint density at radius 1 is 1.53 bits per heavy atom. The number of rotatable bonds is 3. The van der Waals surface area contributed by atoms with Crippen LogP contribution in [0, 0.1) is 0 Å². The first-order valence-corrected chi connectivity index (χ1v) is 10.5. The summed E-state index contributed by atoms with van der Waals surface area (Å²) in [6.07, 6.45) is 1.20. The van der Waals surface area contributed by atoms with E-state index in [4.69, 9.17) is 14.7 Å². The van der Waals surface area contributed by atoms with E-state index in [-0.39, 0.29) is 10.6 Å². The topological polar surface area (TPSA) is 88.8 Å². The largest absolute Gasteiger partial charge is 0.478 e. The smallest absolute Gasteiger partial charge is 0.339 e. The zero-order valence-electron chi connectivity index (χ0n) is 11.9. The van der Waals surface area contributed by atoms with Crippen LogP contribution in [0.1, 0.15) is 31.1 Å². The molecule has 0 bridgehead atoms. The molecular formula is C12H22N2O3SSi. The molecule has 1 rings (SSSR count). The number of nitrogens with two attached hydrogens (primary N) is 1. The molecule has 0 saturated heterocycles. The highest BCUT2D eigenvalue weighted by atomic mass is 32.2. The summed E-state index contributed by atoms with van der Waals surface area (Å²) in [5.41, 5.74) is 0.108. The Morgan fingerprint density at radius 3 is 2.53 bits per heavy atom. The van der Waals surface area contributed by atoms with Crippen molar-refractivity contribution in [1.29, 1.82) is 0 Å². The van der Waals surface area contributed by atoms with Crippen molar-refractivity contribution in [3.8, 4) is 0 Å². The van der Waals surface area contributed by atoms with Gasteiger partial charge in [-0.05, 0) is 23.3 Å². The van der Waals surface area contributed by atoms with E-state index in [2.05, 4.69) is 43.7 Å². The first-order chi connectivity index (χ1) is 8.54. The summed E-state index contributed by atoms with van der Waals surface area (Å²) in [5.74, 6) is -1.02. The van der Waals surface area contributed by atoms with Crippen LogP contribution >= 0.6 is 10.7 Å². The van der Waals surface area contributed by atoms with Gasteiger partial charge in [0.25, 0.3) is 0 Å². The number of isothiocyanates is 1. The van der Waals surface area contributed by atoms with E-state index in [1.165, 1.54) is 12.3 Å². The SMILES string of the molecule is CC(C)(C)[Si](C)(C)N=C=[SH2](N)c1cc(C(=O)O)co1. The third-order valence-corrected chi connectivity index (χ3v) is 9.11. The maximum Gasteiger partial charge on any atom is 0.339 e. The number of furan rings is 1. The lowest BCUT2D eigenvalue weighted by Crippen LogP contribution is -2.34. The highest BCUT2D eigenvalue weighted by molar-refractivity contribution is 8.12. The summed E-state index contributed by atoms with van der Waals surface area (Å²) < 4.78 is 9.73. The van der Waals surface area contributed by atoms with Crippen LogP contribution in [0.5, 0.6) is 0 Å². The van der Waals surface area contributed by atoms with Gasteiger partial charge in [0.15, 0.2) is 13.3 Å². The molecule has 0 fully saturated rings. The Hall–Kier alpha value is -1.14. The second-order valence-corrected chi connectivity index (χ2v) is 12.3. The third-order valence-electron chi connectivity index (χ3n) is 3.40. The standard InChI is InChI=1S/C12H22N2O3SSi/c1-12(2,3)19(4,5)14-8-18(13)10-6-9(7-17-10)11(15)16/h6-7H,13,18H2,1-5H3,(H,15,16). The van der Waals surface area contributed by atoms with Gasteiger partial charge in [0, 0.05) is 6.07 Å². The molecule has 19 heavy (non-hydrogen) atoms. The fraction of sp³-hybridized carbons (Fsp3) is 0.500. The van der Waals surface area contributed by atoms with Crippen LogP contribution < -0.4 is 5.14 Å². The monoisotopic (exact) mass is 302 g/mol. The van der Waals surface area contributed by atoms with Gasteiger partial charge in [-0.25, -0.2) is 4.79 Å². The van der Waals surface area contributed by atoms with Crippen LogP contribution in [0.4, 0.5) is 0 Å². The Kier molecular flexibility index (Phi) is 4.57. The Labute approximate surface area is 116 Å². The van der Waals surface area contributed by atoms with Crippen molar-refractivity contribution in [2.24, 2.45) is 9.80 Å². The molecule has 7 heteroatoms. The van der Waals surface area contributed by atoms with Gasteiger partial charge >= 0.3 is 5.97 Å². The molecule has 1 aromatic heterocycles. The lowest BCUT2D eigenvalue weighted by atomic mass is 10.2. The normalized spacial score (nSPS) is 12.8. The van der Waals surface area contributed by atoms with Gasteiger partial charge in [-0.1, -0.05) is 20.8 Å². The molecule has 0 saturated carbocycles. The fourth-order valence-corrected chi connectivity index (χ4v) is 3.55. The first kappa shape index (κ1) is 15.9. The van der Waals surface area contributed by atoms with Gasteiger partial charge in [0.1, 0.15) is 6.26 Å². The van der Waals surface area contributed by atoms with Crippen molar-refractivity contribution < 1.29 is 14.3 Å². The van der Waals surface area contributed by atoms with Crippen molar-refractivity contribution in [3.63, 3.8) is 0 Å². The van der Waals surface area contributed by atoms with E-state index >= 15 is 0 Å². The number of hydrogen-bond donors (Lipinski definition) is 2. The van der Waals surface area contributed by atoms with Crippen LogP contribution in [0.3, 0.4) is 0 Å². The number of nitrogens with zero attached hydrogens (tertiary/aromatic N) is 1. The highest BCUT2D eigenvalue weighted by Crippen LogP contribution is 2.36. The third kappa shape index (κ3) is 3.91. The second-order valence-electron chi connectivity index (χ2n) is 5.95. The fourth-order valence-electron chi connectivity index (χ4n) is 1.01. The lowest BCUT2D eigenvalue weighted by Gasteiger charge is -2.31. The molecule has 3 N–H and O–H groups in total. The maximum absolute atomic E-state index is 10.8. The molecular weight excluding hydrogens is 280 g/mol. The molecule has 0 unspecified atom stereocenters. The van der Waals surface area contributed by atoms with Crippen LogP contribution in [0.25, 0.3) is 0 Å². The van der Waals surface area contributed by atoms with Crippen molar-refractivity contribution in [3.05, 3.63) is 17.9 Å². The second kappa shape index (κ2) is 5.46. The number of carboxylic acids is 1. The molecule has 0 spiro atoms. The van der Waals surface area contributed by atoms with Crippen LogP contribution in [-0.2, 0) is 0 Å². The van der Waals surface area contributed by atoms with E-state index in [0.29, 0.717) is 5.09 Å². The van der Waals surface area contributed by atoms with E-state index in [1.54, 1.807) is 0 Å². The van der Waals surface area contributed by atoms with Crippen molar-refractivity contribution in [2.45, 2.75) is 44.0 Å². The lowest BCUT2D eigenvalue weighted by molar-refractivity contribution is 0.0696. The molecule has 5 nitrogen and oxygen atoms in total. The zero-order chi connectivity index (χ0) is 14.8. The molecule has 0 aliphatic heterocycles. The minimum atomic E-state index is -1.81. The van der Waals surface area contributed by atoms with Gasteiger partial charge in [-0.2, -0.15) is 0 Å². The summed E-state index contributed by atoms with van der Waals surface area (Å²) in [5, 5.41) is 18.4. The quantitative estimate of drug-likeness (QED) is 0.510. The van der Waals surface area contributed by atoms with Crippen molar-refractivity contribution in [2.75, 3.05) is 0 Å². The molecule has 0 aliphatic carbocycles. The predicted octanol–water partition coefficient (Wildman–Crippen LogP) is 2.85.